The average Bonchev–Trinajstić information content (AvgIpc) is 2.77. The number of alkyl halides is 2. The van der Waals surface area contributed by atoms with Crippen molar-refractivity contribution in [2.75, 3.05) is 0 Å². The summed E-state index contributed by atoms with van der Waals surface area (Å²) in [6, 6.07) is 2.06. The molecule has 2 rings (SSSR count). The maximum absolute atomic E-state index is 13.3. The van der Waals surface area contributed by atoms with Crippen LogP contribution < -0.4 is 0 Å². The van der Waals surface area contributed by atoms with Crippen molar-refractivity contribution in [2.45, 2.75) is 10.3 Å². The van der Waals surface area contributed by atoms with Gasteiger partial charge in [-0.15, -0.1) is 0 Å². The largest absolute Gasteiger partial charge is 0.481 e. The number of rotatable bonds is 2. The molecule has 0 amide bonds. The zero-order chi connectivity index (χ0) is 13.0. The minimum Gasteiger partial charge on any atom is -0.481 e. The second kappa shape index (κ2) is 4.07. The van der Waals surface area contributed by atoms with E-state index in [2.05, 4.69) is 15.9 Å². The molecule has 17 heavy (non-hydrogen) atoms. The molecule has 0 heterocycles. The molecule has 7 heteroatoms. The van der Waals surface area contributed by atoms with Gasteiger partial charge in [0, 0.05) is 5.92 Å². The molecule has 1 aliphatic rings. The van der Waals surface area contributed by atoms with Crippen molar-refractivity contribution in [3.8, 4) is 0 Å². The summed E-state index contributed by atoms with van der Waals surface area (Å²) >= 11 is 14.3. The maximum atomic E-state index is 13.3. The average molecular weight is 346 g/mol. The summed E-state index contributed by atoms with van der Waals surface area (Å²) in [7, 11) is 0. The molecule has 0 aliphatic heterocycles. The Hall–Kier alpha value is -0.390. The van der Waals surface area contributed by atoms with Gasteiger partial charge in [0.15, 0.2) is 0 Å². The van der Waals surface area contributed by atoms with Crippen LogP contribution >= 0.6 is 39.1 Å². The van der Waals surface area contributed by atoms with Crippen molar-refractivity contribution in [1.29, 1.82) is 0 Å². The Labute approximate surface area is 114 Å². The third-order valence-electron chi connectivity index (χ3n) is 2.68. The van der Waals surface area contributed by atoms with E-state index in [-0.39, 0.29) is 10.0 Å². The lowest BCUT2D eigenvalue weighted by Gasteiger charge is -2.03. The molecule has 1 fully saturated rings. The minimum absolute atomic E-state index is 0.139. The Morgan fingerprint density at radius 3 is 2.18 bits per heavy atom. The van der Waals surface area contributed by atoms with Gasteiger partial charge in [0.1, 0.15) is 16.0 Å². The first-order valence-electron chi connectivity index (χ1n) is 4.52. The van der Waals surface area contributed by atoms with Gasteiger partial charge in [-0.1, -0.05) is 23.2 Å². The summed E-state index contributed by atoms with van der Waals surface area (Å²) in [5, 5.41) is 8.85. The highest BCUT2D eigenvalue weighted by molar-refractivity contribution is 9.10. The molecule has 1 aromatic carbocycles. The molecule has 2 nitrogen and oxygen atoms in total. The standard InChI is InChI=1S/C10H5BrCl2F2O2/c11-8-4(14)1-3(2-5(8)15)6-7(9(16)17)10(6,12)13/h1-2,6-7H,(H,16,17)/t6-,7+/m0/s1. The molecule has 1 saturated carbocycles. The maximum Gasteiger partial charge on any atom is 0.310 e. The van der Waals surface area contributed by atoms with Crippen LogP contribution in [0.2, 0.25) is 0 Å². The molecule has 1 aromatic rings. The van der Waals surface area contributed by atoms with Crippen LogP contribution in [0.1, 0.15) is 11.5 Å². The Kier molecular flexibility index (Phi) is 3.13. The Balaban J connectivity index is 2.41. The number of carbonyl (C=O) groups is 1. The van der Waals surface area contributed by atoms with E-state index in [1.807, 2.05) is 0 Å². The second-order valence-corrected chi connectivity index (χ2v) is 6.00. The second-order valence-electron chi connectivity index (χ2n) is 3.77. The van der Waals surface area contributed by atoms with Crippen molar-refractivity contribution in [3.05, 3.63) is 33.8 Å². The molecule has 2 atom stereocenters. The van der Waals surface area contributed by atoms with E-state index in [1.54, 1.807) is 0 Å². The molecule has 1 N–H and O–H groups in total. The highest BCUT2D eigenvalue weighted by Gasteiger charge is 2.68. The summed E-state index contributed by atoms with van der Waals surface area (Å²) in [6.07, 6.45) is 0. The van der Waals surface area contributed by atoms with Crippen LogP contribution in [-0.4, -0.2) is 15.4 Å². The third kappa shape index (κ3) is 2.04. The summed E-state index contributed by atoms with van der Waals surface area (Å²) in [5.74, 6) is -4.68. The normalized spacial score (nSPS) is 25.7. The zero-order valence-electron chi connectivity index (χ0n) is 8.05. The van der Waals surface area contributed by atoms with Crippen molar-refractivity contribution >= 4 is 45.1 Å². The van der Waals surface area contributed by atoms with E-state index in [9.17, 15) is 13.6 Å². The van der Waals surface area contributed by atoms with Crippen molar-refractivity contribution in [3.63, 3.8) is 0 Å². The first kappa shape index (κ1) is 13.1. The molecule has 0 bridgehead atoms. The van der Waals surface area contributed by atoms with Gasteiger partial charge in [0.25, 0.3) is 0 Å². The van der Waals surface area contributed by atoms with E-state index in [1.165, 1.54) is 0 Å². The van der Waals surface area contributed by atoms with Crippen LogP contribution in [0.5, 0.6) is 0 Å². The topological polar surface area (TPSA) is 37.3 Å². The summed E-state index contributed by atoms with van der Waals surface area (Å²) in [5.41, 5.74) is 0.139. The van der Waals surface area contributed by atoms with Gasteiger partial charge < -0.3 is 5.11 Å². The van der Waals surface area contributed by atoms with Gasteiger partial charge >= 0.3 is 5.97 Å². The van der Waals surface area contributed by atoms with Gasteiger partial charge in [0.05, 0.1) is 10.4 Å². The Bertz CT molecular complexity index is 484. The van der Waals surface area contributed by atoms with Crippen molar-refractivity contribution < 1.29 is 18.7 Å². The van der Waals surface area contributed by atoms with Crippen molar-refractivity contribution in [1.82, 2.24) is 0 Å². The molecular weight excluding hydrogens is 341 g/mol. The number of benzene rings is 1. The van der Waals surface area contributed by atoms with Crippen LogP contribution in [0.25, 0.3) is 0 Å². The number of carboxylic acids is 1. The first-order chi connectivity index (χ1) is 7.76. The summed E-state index contributed by atoms with van der Waals surface area (Å²) < 4.78 is 24.8. The fourth-order valence-corrected chi connectivity index (χ4v) is 2.85. The predicted molar refractivity (Wildman–Crippen MR) is 62.4 cm³/mol. The van der Waals surface area contributed by atoms with Crippen LogP contribution in [0.4, 0.5) is 8.78 Å². The molecule has 0 spiro atoms. The minimum atomic E-state index is -1.52. The number of halogens is 5. The summed E-state index contributed by atoms with van der Waals surface area (Å²) in [6.45, 7) is 0. The molecule has 0 saturated heterocycles. The highest BCUT2D eigenvalue weighted by atomic mass is 79.9. The SMILES string of the molecule is O=C(O)[C@H]1[C@H](c2cc(F)c(Br)c(F)c2)C1(Cl)Cl. The number of hydrogen-bond donors (Lipinski definition) is 1. The third-order valence-corrected chi connectivity index (χ3v) is 4.38. The van der Waals surface area contributed by atoms with Gasteiger partial charge in [-0.3, -0.25) is 4.79 Å². The van der Waals surface area contributed by atoms with E-state index in [0.717, 1.165) is 12.1 Å². The quantitative estimate of drug-likeness (QED) is 0.655. The van der Waals surface area contributed by atoms with E-state index in [4.69, 9.17) is 28.3 Å². The fraction of sp³-hybridized carbons (Fsp3) is 0.300. The van der Waals surface area contributed by atoms with Crippen LogP contribution in [0, 0.1) is 17.6 Å². The molecule has 0 aromatic heterocycles. The Morgan fingerprint density at radius 1 is 1.35 bits per heavy atom. The van der Waals surface area contributed by atoms with Gasteiger partial charge in [-0.2, -0.15) is 0 Å². The van der Waals surface area contributed by atoms with E-state index >= 15 is 0 Å². The number of carboxylic acid groups (broad SMARTS) is 1. The highest BCUT2D eigenvalue weighted by Crippen LogP contribution is 2.65. The van der Waals surface area contributed by atoms with Gasteiger partial charge in [-0.25, -0.2) is 8.78 Å². The molecule has 92 valence electrons. The summed E-state index contributed by atoms with van der Waals surface area (Å²) in [4.78, 5) is 10.8. The lowest BCUT2D eigenvalue weighted by Crippen LogP contribution is -2.03. The molecule has 0 unspecified atom stereocenters. The zero-order valence-corrected chi connectivity index (χ0v) is 11.2. The lowest BCUT2D eigenvalue weighted by molar-refractivity contribution is -0.138. The van der Waals surface area contributed by atoms with Crippen molar-refractivity contribution in [2.24, 2.45) is 5.92 Å². The van der Waals surface area contributed by atoms with Crippen LogP contribution in [-0.2, 0) is 4.79 Å². The first-order valence-corrected chi connectivity index (χ1v) is 6.06. The van der Waals surface area contributed by atoms with Gasteiger partial charge in [0.2, 0.25) is 0 Å². The molecule has 0 radical (unpaired) electrons. The molecular formula is C10H5BrCl2F2O2. The molecule has 1 aliphatic carbocycles. The predicted octanol–water partition coefficient (Wildman–Crippen LogP) is 3.70. The fourth-order valence-electron chi connectivity index (χ4n) is 1.80. The Morgan fingerprint density at radius 2 is 1.82 bits per heavy atom. The smallest absolute Gasteiger partial charge is 0.310 e. The van der Waals surface area contributed by atoms with Crippen LogP contribution in [0.3, 0.4) is 0 Å². The van der Waals surface area contributed by atoms with E-state index < -0.39 is 33.8 Å². The van der Waals surface area contributed by atoms with Gasteiger partial charge in [-0.05, 0) is 33.6 Å². The number of aliphatic carboxylic acids is 1. The lowest BCUT2D eigenvalue weighted by atomic mass is 10.1. The van der Waals surface area contributed by atoms with E-state index in [0.29, 0.717) is 0 Å². The monoisotopic (exact) mass is 344 g/mol. The number of hydrogen-bond acceptors (Lipinski definition) is 1. The van der Waals surface area contributed by atoms with Crippen LogP contribution in [0.15, 0.2) is 16.6 Å².